The van der Waals surface area contributed by atoms with E-state index in [-0.39, 0.29) is 5.92 Å². The predicted octanol–water partition coefficient (Wildman–Crippen LogP) is 1.24. The van der Waals surface area contributed by atoms with Gasteiger partial charge in [-0.2, -0.15) is 0 Å². The molecule has 0 saturated carbocycles. The van der Waals surface area contributed by atoms with Crippen LogP contribution in [0.1, 0.15) is 19.8 Å². The van der Waals surface area contributed by atoms with Gasteiger partial charge in [0.05, 0.1) is 5.92 Å². The second kappa shape index (κ2) is 3.52. The maximum absolute atomic E-state index is 10.7. The van der Waals surface area contributed by atoms with Gasteiger partial charge in [-0.25, -0.2) is 0 Å². The van der Waals surface area contributed by atoms with Crippen LogP contribution in [0.3, 0.4) is 0 Å². The first-order valence-corrected chi connectivity index (χ1v) is 4.00. The van der Waals surface area contributed by atoms with Crippen LogP contribution < -0.4 is 0 Å². The van der Waals surface area contributed by atoms with Crippen molar-refractivity contribution in [2.24, 2.45) is 11.8 Å². The normalized spacial score (nSPS) is 29.2. The molecule has 0 aromatic rings. The number of carboxylic acid groups (broad SMARTS) is 1. The zero-order chi connectivity index (χ0) is 9.14. The molecule has 0 heterocycles. The van der Waals surface area contributed by atoms with E-state index in [9.17, 15) is 9.59 Å². The summed E-state index contributed by atoms with van der Waals surface area (Å²) in [6, 6.07) is 0. The lowest BCUT2D eigenvalue weighted by molar-refractivity contribution is -0.143. The van der Waals surface area contributed by atoms with Crippen molar-refractivity contribution in [2.75, 3.05) is 0 Å². The summed E-state index contributed by atoms with van der Waals surface area (Å²) in [7, 11) is 0. The van der Waals surface area contributed by atoms with Crippen LogP contribution >= 0.6 is 0 Å². The third-order valence-corrected chi connectivity index (χ3v) is 2.26. The lowest BCUT2D eigenvalue weighted by Crippen LogP contribution is -2.25. The lowest BCUT2D eigenvalue weighted by Gasteiger charge is -2.21. The Morgan fingerprint density at radius 1 is 1.75 bits per heavy atom. The van der Waals surface area contributed by atoms with E-state index in [1.54, 1.807) is 6.08 Å². The summed E-state index contributed by atoms with van der Waals surface area (Å²) < 4.78 is 0. The minimum absolute atomic E-state index is 0.328. The number of aldehydes is 1. The first-order chi connectivity index (χ1) is 5.65. The van der Waals surface area contributed by atoms with Crippen molar-refractivity contribution < 1.29 is 14.7 Å². The highest BCUT2D eigenvalue weighted by Crippen LogP contribution is 2.27. The van der Waals surface area contributed by atoms with Crippen molar-refractivity contribution in [3.63, 3.8) is 0 Å². The van der Waals surface area contributed by atoms with Crippen molar-refractivity contribution >= 4 is 12.3 Å². The Morgan fingerprint density at radius 3 is 2.92 bits per heavy atom. The number of carbonyl (C=O) groups excluding carboxylic acids is 1. The Balaban J connectivity index is 2.82. The van der Waals surface area contributed by atoms with E-state index in [4.69, 9.17) is 5.11 Å². The van der Waals surface area contributed by atoms with Gasteiger partial charge in [0, 0.05) is 5.92 Å². The number of carboxylic acids is 1. The summed E-state index contributed by atoms with van der Waals surface area (Å²) in [5, 5.41) is 8.75. The zero-order valence-corrected chi connectivity index (χ0v) is 6.99. The summed E-state index contributed by atoms with van der Waals surface area (Å²) >= 11 is 0. The summed E-state index contributed by atoms with van der Waals surface area (Å²) in [5.41, 5.74) is 1.07. The molecule has 3 heteroatoms. The molecule has 2 unspecified atom stereocenters. The standard InChI is InChI=1S/C9H12O3/c1-6-2-3-7(5-10)8(4-6)9(11)12/h4-5,7-8H,2-3H2,1H3,(H,11,12). The van der Waals surface area contributed by atoms with Crippen LogP contribution in [0, 0.1) is 11.8 Å². The molecule has 1 rings (SSSR count). The Kier molecular flexibility index (Phi) is 2.63. The number of carbonyl (C=O) groups is 2. The highest BCUT2D eigenvalue weighted by Gasteiger charge is 2.28. The highest BCUT2D eigenvalue weighted by atomic mass is 16.4. The number of rotatable bonds is 2. The van der Waals surface area contributed by atoms with Gasteiger partial charge in [0.1, 0.15) is 6.29 Å². The monoisotopic (exact) mass is 168 g/mol. The second-order valence-electron chi connectivity index (χ2n) is 3.22. The molecule has 1 aliphatic rings. The van der Waals surface area contributed by atoms with E-state index in [1.807, 2.05) is 6.92 Å². The van der Waals surface area contributed by atoms with Gasteiger partial charge in [0.2, 0.25) is 0 Å². The van der Waals surface area contributed by atoms with Gasteiger partial charge in [-0.3, -0.25) is 4.79 Å². The first-order valence-electron chi connectivity index (χ1n) is 4.00. The molecule has 1 N–H and O–H groups in total. The van der Waals surface area contributed by atoms with Crippen LogP contribution in [0.2, 0.25) is 0 Å². The third-order valence-electron chi connectivity index (χ3n) is 2.26. The Hall–Kier alpha value is -1.12. The fraction of sp³-hybridized carbons (Fsp3) is 0.556. The number of allylic oxidation sites excluding steroid dienone is 1. The minimum Gasteiger partial charge on any atom is -0.481 e. The van der Waals surface area contributed by atoms with Crippen LogP contribution in [0.25, 0.3) is 0 Å². The second-order valence-corrected chi connectivity index (χ2v) is 3.22. The molecule has 0 saturated heterocycles. The van der Waals surface area contributed by atoms with Crippen LogP contribution in [-0.2, 0) is 9.59 Å². The van der Waals surface area contributed by atoms with Gasteiger partial charge >= 0.3 is 5.97 Å². The molecule has 66 valence electrons. The van der Waals surface area contributed by atoms with Gasteiger partial charge in [-0.05, 0) is 19.8 Å². The fourth-order valence-corrected chi connectivity index (χ4v) is 1.49. The molecule has 0 amide bonds. The molecular formula is C9H12O3. The number of hydrogen-bond donors (Lipinski definition) is 1. The quantitative estimate of drug-likeness (QED) is 0.498. The Labute approximate surface area is 71.1 Å². The minimum atomic E-state index is -0.897. The largest absolute Gasteiger partial charge is 0.481 e. The highest BCUT2D eigenvalue weighted by molar-refractivity contribution is 5.77. The van der Waals surface area contributed by atoms with Crippen LogP contribution in [0.5, 0.6) is 0 Å². The molecule has 12 heavy (non-hydrogen) atoms. The van der Waals surface area contributed by atoms with E-state index >= 15 is 0 Å². The van der Waals surface area contributed by atoms with E-state index in [1.165, 1.54) is 0 Å². The van der Waals surface area contributed by atoms with E-state index in [2.05, 4.69) is 0 Å². The fourth-order valence-electron chi connectivity index (χ4n) is 1.49. The summed E-state index contributed by atoms with van der Waals surface area (Å²) in [6.07, 6.45) is 3.95. The summed E-state index contributed by atoms with van der Waals surface area (Å²) in [5.74, 6) is -1.83. The van der Waals surface area contributed by atoms with Crippen molar-refractivity contribution in [1.82, 2.24) is 0 Å². The topological polar surface area (TPSA) is 54.4 Å². The van der Waals surface area contributed by atoms with Crippen LogP contribution in [0.15, 0.2) is 11.6 Å². The molecule has 0 aromatic carbocycles. The van der Waals surface area contributed by atoms with Crippen LogP contribution in [-0.4, -0.2) is 17.4 Å². The average Bonchev–Trinajstić information content (AvgIpc) is 2.04. The van der Waals surface area contributed by atoms with Crippen molar-refractivity contribution in [2.45, 2.75) is 19.8 Å². The maximum atomic E-state index is 10.7. The SMILES string of the molecule is CC1=CC(C(=O)O)C(C=O)CC1. The van der Waals surface area contributed by atoms with Gasteiger partial charge in [-0.1, -0.05) is 11.6 Å². The number of aliphatic carboxylic acids is 1. The van der Waals surface area contributed by atoms with Crippen molar-refractivity contribution in [3.05, 3.63) is 11.6 Å². The van der Waals surface area contributed by atoms with Gasteiger partial charge in [0.15, 0.2) is 0 Å². The summed E-state index contributed by atoms with van der Waals surface area (Å²) in [4.78, 5) is 21.2. The Bertz CT molecular complexity index is 230. The molecule has 0 aliphatic heterocycles. The molecule has 0 aromatic heterocycles. The molecule has 0 spiro atoms. The number of hydrogen-bond acceptors (Lipinski definition) is 2. The van der Waals surface area contributed by atoms with Gasteiger partial charge < -0.3 is 9.90 Å². The zero-order valence-electron chi connectivity index (χ0n) is 6.99. The van der Waals surface area contributed by atoms with E-state index < -0.39 is 11.9 Å². The Morgan fingerprint density at radius 2 is 2.42 bits per heavy atom. The third kappa shape index (κ3) is 1.72. The average molecular weight is 168 g/mol. The molecule has 1 aliphatic carbocycles. The molecule has 0 bridgehead atoms. The van der Waals surface area contributed by atoms with E-state index in [0.29, 0.717) is 6.42 Å². The molecule has 2 atom stereocenters. The van der Waals surface area contributed by atoms with Crippen LogP contribution in [0.4, 0.5) is 0 Å². The molecule has 0 radical (unpaired) electrons. The van der Waals surface area contributed by atoms with E-state index in [0.717, 1.165) is 18.3 Å². The predicted molar refractivity (Wildman–Crippen MR) is 43.7 cm³/mol. The van der Waals surface area contributed by atoms with Crippen molar-refractivity contribution in [3.8, 4) is 0 Å². The molecule has 3 nitrogen and oxygen atoms in total. The molecular weight excluding hydrogens is 156 g/mol. The maximum Gasteiger partial charge on any atom is 0.311 e. The van der Waals surface area contributed by atoms with Gasteiger partial charge in [-0.15, -0.1) is 0 Å². The molecule has 0 fully saturated rings. The lowest BCUT2D eigenvalue weighted by atomic mass is 9.82. The van der Waals surface area contributed by atoms with Crippen molar-refractivity contribution in [1.29, 1.82) is 0 Å². The first kappa shape index (κ1) is 8.97. The summed E-state index contributed by atoms with van der Waals surface area (Å²) in [6.45, 7) is 1.90. The smallest absolute Gasteiger partial charge is 0.311 e. The van der Waals surface area contributed by atoms with Gasteiger partial charge in [0.25, 0.3) is 0 Å².